The minimum absolute atomic E-state index is 0.0765. The van der Waals surface area contributed by atoms with E-state index in [9.17, 15) is 8.78 Å². The summed E-state index contributed by atoms with van der Waals surface area (Å²) in [5.41, 5.74) is 24.9. The number of piperidine rings is 2. The average Bonchev–Trinajstić information content (AvgIpc) is 2.71. The normalized spacial score (nSPS) is 26.3. The van der Waals surface area contributed by atoms with Crippen LogP contribution in [0.15, 0.2) is 18.2 Å². The van der Waals surface area contributed by atoms with E-state index >= 15 is 0 Å². The number of nitrogens with two attached hydrogens (primary N) is 4. The lowest BCUT2D eigenvalue weighted by Gasteiger charge is -2.37. The van der Waals surface area contributed by atoms with Gasteiger partial charge in [0.1, 0.15) is 11.6 Å². The van der Waals surface area contributed by atoms with Gasteiger partial charge in [-0.15, -0.1) is 0 Å². The van der Waals surface area contributed by atoms with Crippen LogP contribution in [0, 0.1) is 11.6 Å². The number of nitrogens with one attached hydrogen (secondary N) is 1. The lowest BCUT2D eigenvalue weighted by Crippen LogP contribution is -2.54. The van der Waals surface area contributed by atoms with Gasteiger partial charge in [-0.1, -0.05) is 6.07 Å². The van der Waals surface area contributed by atoms with Gasteiger partial charge in [-0.2, -0.15) is 15.0 Å². The number of hydrogen-bond acceptors (Lipinski definition) is 10. The second-order valence-corrected chi connectivity index (χ2v) is 8.67. The van der Waals surface area contributed by atoms with Crippen LogP contribution in [0.5, 0.6) is 0 Å². The second-order valence-electron chi connectivity index (χ2n) is 8.67. The van der Waals surface area contributed by atoms with Gasteiger partial charge in [0.15, 0.2) is 0 Å². The van der Waals surface area contributed by atoms with Crippen LogP contribution in [0.3, 0.4) is 0 Å². The molecule has 2 saturated heterocycles. The number of hydrogen-bond donors (Lipinski definition) is 5. The van der Waals surface area contributed by atoms with Crippen LogP contribution in [-0.4, -0.2) is 65.3 Å². The molecule has 3 heterocycles. The molecule has 4 atom stereocenters. The Morgan fingerprint density at radius 1 is 0.812 bits per heavy atom. The van der Waals surface area contributed by atoms with Gasteiger partial charge in [0, 0.05) is 68.5 Å². The number of nitrogens with zero attached hydrogens (tertiary/aromatic N) is 5. The summed E-state index contributed by atoms with van der Waals surface area (Å²) in [6, 6.07) is 3.04. The van der Waals surface area contributed by atoms with Gasteiger partial charge >= 0.3 is 0 Å². The Kier molecular flexibility index (Phi) is 6.65. The minimum Gasteiger partial charge on any atom is -0.350 e. The first kappa shape index (κ1) is 22.5. The molecule has 1 aromatic carbocycles. The van der Waals surface area contributed by atoms with E-state index in [-0.39, 0.29) is 36.7 Å². The molecule has 2 aromatic rings. The molecule has 9 N–H and O–H groups in total. The number of rotatable bonds is 5. The molecule has 0 unspecified atom stereocenters. The Balaban J connectivity index is 1.62. The predicted octanol–water partition coefficient (Wildman–Crippen LogP) is -0.509. The first-order valence-electron chi connectivity index (χ1n) is 10.7. The lowest BCUT2D eigenvalue weighted by atomic mass is 10.0. The molecule has 4 rings (SSSR count). The summed E-state index contributed by atoms with van der Waals surface area (Å²) in [5.74, 6) is -0.167. The van der Waals surface area contributed by atoms with E-state index < -0.39 is 11.6 Å². The summed E-state index contributed by atoms with van der Waals surface area (Å²) in [6.45, 7) is 2.31. The molecule has 0 amide bonds. The van der Waals surface area contributed by atoms with Crippen molar-refractivity contribution >= 4 is 17.8 Å². The standard InChI is InChI=1S/C20H30F2N10/c21-12-2-1-11(17(22)3-12)6-27-18-28-19(31-7-13(23)4-14(24)8-31)30-20(29-18)32-9-15(25)5-16(26)10-32/h1-3,13-16H,4-10,23-26H2,(H,27,28,29,30)/t13-,14+,15-,16+. The molecule has 0 radical (unpaired) electrons. The van der Waals surface area contributed by atoms with Crippen LogP contribution in [0.4, 0.5) is 26.6 Å². The number of anilines is 3. The summed E-state index contributed by atoms with van der Waals surface area (Å²) < 4.78 is 27.3. The van der Waals surface area contributed by atoms with Gasteiger partial charge in [-0.25, -0.2) is 8.78 Å². The molecule has 0 aliphatic carbocycles. The van der Waals surface area contributed by atoms with Crippen molar-refractivity contribution in [3.05, 3.63) is 35.4 Å². The Hall–Kier alpha value is -2.67. The Bertz CT molecular complexity index is 880. The molecule has 12 heteroatoms. The molecule has 0 bridgehead atoms. The van der Waals surface area contributed by atoms with E-state index in [4.69, 9.17) is 22.9 Å². The molecule has 32 heavy (non-hydrogen) atoms. The minimum atomic E-state index is -0.645. The first-order chi connectivity index (χ1) is 15.3. The SMILES string of the molecule is N[C@@H]1C[C@H](N)CN(c2nc(NCc3ccc(F)cc3F)nc(N3C[C@H](N)C[C@H](N)C3)n2)C1. The summed E-state index contributed by atoms with van der Waals surface area (Å²) in [6.07, 6.45) is 1.44. The van der Waals surface area contributed by atoms with Crippen molar-refractivity contribution in [1.29, 1.82) is 0 Å². The van der Waals surface area contributed by atoms with Crippen molar-refractivity contribution in [2.75, 3.05) is 41.3 Å². The van der Waals surface area contributed by atoms with Crippen LogP contribution in [-0.2, 0) is 6.54 Å². The summed E-state index contributed by atoms with van der Waals surface area (Å²) in [7, 11) is 0. The maximum absolute atomic E-state index is 14.1. The lowest BCUT2D eigenvalue weighted by molar-refractivity contribution is 0.441. The molecule has 0 spiro atoms. The van der Waals surface area contributed by atoms with Gasteiger partial charge < -0.3 is 38.1 Å². The quantitative estimate of drug-likeness (QED) is 0.403. The van der Waals surface area contributed by atoms with Crippen molar-refractivity contribution in [2.45, 2.75) is 43.6 Å². The fourth-order valence-corrected chi connectivity index (χ4v) is 4.24. The van der Waals surface area contributed by atoms with Crippen molar-refractivity contribution < 1.29 is 8.78 Å². The van der Waals surface area contributed by atoms with E-state index in [0.29, 0.717) is 43.6 Å². The molecule has 0 saturated carbocycles. The van der Waals surface area contributed by atoms with Gasteiger partial charge in [0.2, 0.25) is 17.8 Å². The smallest absolute Gasteiger partial charge is 0.232 e. The topological polar surface area (TPSA) is 161 Å². The highest BCUT2D eigenvalue weighted by Crippen LogP contribution is 2.22. The second kappa shape index (κ2) is 9.45. The van der Waals surface area contributed by atoms with Crippen molar-refractivity contribution in [2.24, 2.45) is 22.9 Å². The average molecular weight is 449 g/mol. The summed E-state index contributed by atoms with van der Waals surface area (Å²) in [4.78, 5) is 17.5. The largest absolute Gasteiger partial charge is 0.350 e. The fraction of sp³-hybridized carbons (Fsp3) is 0.550. The van der Waals surface area contributed by atoms with E-state index in [1.165, 1.54) is 12.1 Å². The Labute approximate surface area is 185 Å². The zero-order chi connectivity index (χ0) is 22.8. The maximum Gasteiger partial charge on any atom is 0.232 e. The zero-order valence-electron chi connectivity index (χ0n) is 17.8. The molecule has 174 valence electrons. The molecule has 1 aromatic heterocycles. The van der Waals surface area contributed by atoms with Crippen molar-refractivity contribution in [3.63, 3.8) is 0 Å². The maximum atomic E-state index is 14.1. The van der Waals surface area contributed by atoms with E-state index in [1.54, 1.807) is 0 Å². The Morgan fingerprint density at radius 2 is 1.31 bits per heavy atom. The van der Waals surface area contributed by atoms with Crippen LogP contribution in [0.1, 0.15) is 18.4 Å². The highest BCUT2D eigenvalue weighted by Gasteiger charge is 2.28. The van der Waals surface area contributed by atoms with Crippen molar-refractivity contribution in [3.8, 4) is 0 Å². The molecule has 2 fully saturated rings. The third-order valence-electron chi connectivity index (χ3n) is 5.66. The van der Waals surface area contributed by atoms with Crippen molar-refractivity contribution in [1.82, 2.24) is 15.0 Å². The van der Waals surface area contributed by atoms with Crippen LogP contribution >= 0.6 is 0 Å². The van der Waals surface area contributed by atoms with Gasteiger partial charge in [-0.05, 0) is 18.9 Å². The Morgan fingerprint density at radius 3 is 1.78 bits per heavy atom. The molecular formula is C20H30F2N10. The van der Waals surface area contributed by atoms with Gasteiger partial charge in [-0.3, -0.25) is 0 Å². The van der Waals surface area contributed by atoms with E-state index in [1.807, 2.05) is 9.80 Å². The summed E-state index contributed by atoms with van der Waals surface area (Å²) in [5, 5.41) is 3.02. The zero-order valence-corrected chi connectivity index (χ0v) is 17.8. The summed E-state index contributed by atoms with van der Waals surface area (Å²) >= 11 is 0. The molecule has 10 nitrogen and oxygen atoms in total. The third-order valence-corrected chi connectivity index (χ3v) is 5.66. The van der Waals surface area contributed by atoms with Crippen LogP contribution < -0.4 is 38.1 Å². The molecule has 2 aliphatic rings. The number of benzene rings is 1. The van der Waals surface area contributed by atoms with E-state index in [2.05, 4.69) is 20.3 Å². The fourth-order valence-electron chi connectivity index (χ4n) is 4.24. The third kappa shape index (κ3) is 5.38. The number of aromatic nitrogens is 3. The highest BCUT2D eigenvalue weighted by atomic mass is 19.1. The van der Waals surface area contributed by atoms with Crippen LogP contribution in [0.25, 0.3) is 0 Å². The number of halogens is 2. The van der Waals surface area contributed by atoms with Crippen LogP contribution in [0.2, 0.25) is 0 Å². The van der Waals surface area contributed by atoms with Gasteiger partial charge in [0.25, 0.3) is 0 Å². The highest BCUT2D eigenvalue weighted by molar-refractivity contribution is 5.47. The monoisotopic (exact) mass is 448 g/mol. The molecular weight excluding hydrogens is 418 g/mol. The van der Waals surface area contributed by atoms with Gasteiger partial charge in [0.05, 0.1) is 0 Å². The molecule has 2 aliphatic heterocycles. The first-order valence-corrected chi connectivity index (χ1v) is 10.7. The predicted molar refractivity (Wildman–Crippen MR) is 119 cm³/mol. The van der Waals surface area contributed by atoms with E-state index in [0.717, 1.165) is 18.9 Å².